The molecule has 0 amide bonds. The first-order chi connectivity index (χ1) is 10.7. The maximum absolute atomic E-state index is 12.4. The van der Waals surface area contributed by atoms with Gasteiger partial charge in [-0.15, -0.1) is 0 Å². The van der Waals surface area contributed by atoms with E-state index in [9.17, 15) is 9.90 Å². The lowest BCUT2D eigenvalue weighted by Gasteiger charge is -2.19. The van der Waals surface area contributed by atoms with Crippen molar-refractivity contribution in [2.75, 3.05) is 0 Å². The first-order valence-corrected chi connectivity index (χ1v) is 8.87. The smallest absolute Gasteiger partial charge is 0.335 e. The summed E-state index contributed by atoms with van der Waals surface area (Å²) in [7, 11) is 0. The Hall–Kier alpha value is -1.14. The number of ether oxygens (including phenoxy) is 1. The summed E-state index contributed by atoms with van der Waals surface area (Å²) < 4.78 is 6.43. The quantitative estimate of drug-likeness (QED) is 0.548. The van der Waals surface area contributed by atoms with Crippen LogP contribution in [0.3, 0.4) is 0 Å². The van der Waals surface area contributed by atoms with E-state index in [4.69, 9.17) is 4.74 Å². The second-order valence-electron chi connectivity index (χ2n) is 6.78. The summed E-state index contributed by atoms with van der Waals surface area (Å²) >= 11 is 2.13. The number of rotatable bonds is 5. The van der Waals surface area contributed by atoms with Crippen LogP contribution in [0.5, 0.6) is 0 Å². The summed E-state index contributed by atoms with van der Waals surface area (Å²) in [5.74, 6) is 0.106. The van der Waals surface area contributed by atoms with E-state index in [1.165, 1.54) is 0 Å². The van der Waals surface area contributed by atoms with E-state index in [1.54, 1.807) is 13.8 Å². The van der Waals surface area contributed by atoms with Crippen molar-refractivity contribution in [3.63, 3.8) is 0 Å². The van der Waals surface area contributed by atoms with Gasteiger partial charge in [-0.25, -0.2) is 4.79 Å². The molecule has 1 heterocycles. The molecule has 1 aliphatic heterocycles. The molecule has 1 aromatic rings. The third-order valence-corrected chi connectivity index (χ3v) is 5.31. The number of hydrogen-bond acceptors (Lipinski definition) is 3. The van der Waals surface area contributed by atoms with Crippen LogP contribution in [0.2, 0.25) is 0 Å². The Morgan fingerprint density at radius 1 is 1.35 bits per heavy atom. The van der Waals surface area contributed by atoms with Crippen molar-refractivity contribution < 1.29 is 14.6 Å². The first kappa shape index (κ1) is 18.2. The van der Waals surface area contributed by atoms with Crippen LogP contribution in [-0.2, 0) is 9.53 Å². The second-order valence-corrected chi connectivity index (χ2v) is 7.94. The molecule has 3 nitrogen and oxygen atoms in total. The molecule has 2 rings (SSSR count). The Morgan fingerprint density at radius 2 is 1.96 bits per heavy atom. The molecule has 124 valence electrons. The molecule has 0 bridgehead atoms. The second kappa shape index (κ2) is 7.18. The lowest BCUT2D eigenvalue weighted by atomic mass is 9.93. The number of halogens is 1. The maximum Gasteiger partial charge on any atom is 0.335 e. The van der Waals surface area contributed by atoms with Gasteiger partial charge in [-0.05, 0) is 60.4 Å². The highest BCUT2D eigenvalue weighted by atomic mass is 127. The Labute approximate surface area is 151 Å². The molecule has 1 aromatic carbocycles. The van der Waals surface area contributed by atoms with E-state index in [-0.39, 0.29) is 5.97 Å². The fraction of sp³-hybridized carbons (Fsp3) is 0.421. The van der Waals surface area contributed by atoms with Gasteiger partial charge >= 0.3 is 5.97 Å². The van der Waals surface area contributed by atoms with E-state index in [0.717, 1.165) is 14.7 Å². The van der Waals surface area contributed by atoms with Crippen molar-refractivity contribution in [3.05, 3.63) is 56.7 Å². The van der Waals surface area contributed by atoms with Crippen LogP contribution in [0.25, 0.3) is 0 Å². The van der Waals surface area contributed by atoms with Crippen molar-refractivity contribution in [2.45, 2.75) is 45.8 Å². The first-order valence-electron chi connectivity index (χ1n) is 7.79. The van der Waals surface area contributed by atoms with Crippen molar-refractivity contribution in [3.8, 4) is 0 Å². The van der Waals surface area contributed by atoms with Crippen LogP contribution in [0.1, 0.15) is 45.8 Å². The summed E-state index contributed by atoms with van der Waals surface area (Å²) in [6.07, 6.45) is 2.18. The summed E-state index contributed by atoms with van der Waals surface area (Å²) in [5, 5.41) is 10.2. The highest BCUT2D eigenvalue weighted by Crippen LogP contribution is 2.40. The van der Waals surface area contributed by atoms with E-state index in [0.29, 0.717) is 17.9 Å². The van der Waals surface area contributed by atoms with Crippen LogP contribution in [0.4, 0.5) is 0 Å². The molecule has 1 aliphatic rings. The monoisotopic (exact) mass is 426 g/mol. The van der Waals surface area contributed by atoms with E-state index in [2.05, 4.69) is 36.4 Å². The molecule has 1 N–H and O–H groups in total. The van der Waals surface area contributed by atoms with Crippen LogP contribution in [0.15, 0.2) is 51.1 Å². The van der Waals surface area contributed by atoms with Crippen molar-refractivity contribution in [1.82, 2.24) is 0 Å². The van der Waals surface area contributed by atoms with Gasteiger partial charge in [0.05, 0.1) is 5.60 Å². The SMILES string of the molecule is CC(C)CC1=C(/C=C(\I)C(C)(C)O)C(c2ccccc2)OC1=O. The zero-order valence-electron chi connectivity index (χ0n) is 14.0. The van der Waals surface area contributed by atoms with Crippen LogP contribution in [0, 0.1) is 5.92 Å². The molecule has 0 fully saturated rings. The lowest BCUT2D eigenvalue weighted by Crippen LogP contribution is -2.18. The van der Waals surface area contributed by atoms with Gasteiger partial charge in [0.25, 0.3) is 0 Å². The van der Waals surface area contributed by atoms with Gasteiger partial charge in [-0.2, -0.15) is 0 Å². The average Bonchev–Trinajstić information content (AvgIpc) is 2.76. The van der Waals surface area contributed by atoms with Gasteiger partial charge in [0, 0.05) is 14.7 Å². The third kappa shape index (κ3) is 4.44. The van der Waals surface area contributed by atoms with E-state index < -0.39 is 11.7 Å². The molecule has 23 heavy (non-hydrogen) atoms. The van der Waals surface area contributed by atoms with Crippen molar-refractivity contribution in [2.24, 2.45) is 5.92 Å². The molecule has 0 aliphatic carbocycles. The minimum atomic E-state index is -0.941. The topological polar surface area (TPSA) is 46.5 Å². The molecule has 1 atom stereocenters. The molecule has 0 aromatic heterocycles. The summed E-state index contributed by atoms with van der Waals surface area (Å²) in [5.41, 5.74) is 1.59. The summed E-state index contributed by atoms with van der Waals surface area (Å²) in [6, 6.07) is 9.73. The Morgan fingerprint density at radius 3 is 2.48 bits per heavy atom. The number of aliphatic hydroxyl groups is 1. The minimum absolute atomic E-state index is 0.251. The van der Waals surface area contributed by atoms with Crippen LogP contribution in [-0.4, -0.2) is 16.7 Å². The maximum atomic E-state index is 12.4. The highest BCUT2D eigenvalue weighted by molar-refractivity contribution is 14.1. The number of carbonyl (C=O) groups is 1. The van der Waals surface area contributed by atoms with Gasteiger partial charge in [0.15, 0.2) is 6.10 Å². The lowest BCUT2D eigenvalue weighted by molar-refractivity contribution is -0.140. The number of esters is 1. The molecule has 0 spiro atoms. The zero-order chi connectivity index (χ0) is 17.2. The average molecular weight is 426 g/mol. The van der Waals surface area contributed by atoms with Gasteiger partial charge in [-0.3, -0.25) is 0 Å². The predicted molar refractivity (Wildman–Crippen MR) is 100 cm³/mol. The number of carbonyl (C=O) groups excluding carboxylic acids is 1. The largest absolute Gasteiger partial charge is 0.449 e. The van der Waals surface area contributed by atoms with E-state index >= 15 is 0 Å². The Bertz CT molecular complexity index is 636. The molecular formula is C19H23IO3. The van der Waals surface area contributed by atoms with E-state index in [1.807, 2.05) is 36.4 Å². The third-order valence-electron chi connectivity index (χ3n) is 3.68. The van der Waals surface area contributed by atoms with Crippen LogP contribution >= 0.6 is 22.6 Å². The summed E-state index contributed by atoms with van der Waals surface area (Å²) in [6.45, 7) is 7.64. The summed E-state index contributed by atoms with van der Waals surface area (Å²) in [4.78, 5) is 12.4. The van der Waals surface area contributed by atoms with Gasteiger partial charge in [0.1, 0.15) is 0 Å². The molecule has 1 unspecified atom stereocenters. The Kier molecular flexibility index (Phi) is 5.68. The number of hydrogen-bond donors (Lipinski definition) is 1. The molecule has 4 heteroatoms. The fourth-order valence-electron chi connectivity index (χ4n) is 2.48. The fourth-order valence-corrected chi connectivity index (χ4v) is 2.81. The molecule has 0 saturated carbocycles. The zero-order valence-corrected chi connectivity index (χ0v) is 16.1. The normalized spacial score (nSPS) is 19.5. The Balaban J connectivity index is 2.52. The molecule has 0 saturated heterocycles. The van der Waals surface area contributed by atoms with Gasteiger partial charge < -0.3 is 9.84 Å². The predicted octanol–water partition coefficient (Wildman–Crippen LogP) is 4.72. The molecule has 0 radical (unpaired) electrons. The van der Waals surface area contributed by atoms with Crippen LogP contribution < -0.4 is 0 Å². The number of cyclic esters (lactones) is 1. The standard InChI is InChI=1S/C19H23IO3/c1-12(2)10-15-14(11-16(20)19(3,4)22)17(23-18(15)21)13-8-6-5-7-9-13/h5-9,11-12,17,22H,10H2,1-4H3/b16-11-. The van der Waals surface area contributed by atoms with Gasteiger partial charge in [0.2, 0.25) is 0 Å². The van der Waals surface area contributed by atoms with Crippen molar-refractivity contribution >= 4 is 28.6 Å². The minimum Gasteiger partial charge on any atom is -0.449 e. The van der Waals surface area contributed by atoms with Gasteiger partial charge in [-0.1, -0.05) is 44.2 Å². The molecular weight excluding hydrogens is 403 g/mol. The van der Waals surface area contributed by atoms with Crippen molar-refractivity contribution in [1.29, 1.82) is 0 Å². The number of benzene rings is 1. The highest BCUT2D eigenvalue weighted by Gasteiger charge is 2.34.